The van der Waals surface area contributed by atoms with Crippen LogP contribution in [-0.2, 0) is 5.67 Å². The van der Waals surface area contributed by atoms with Gasteiger partial charge in [0, 0.05) is 11.1 Å². The van der Waals surface area contributed by atoms with Gasteiger partial charge in [-0.25, -0.2) is 13.8 Å². The Morgan fingerprint density at radius 1 is 0.889 bits per heavy atom. The fourth-order valence-corrected chi connectivity index (χ4v) is 3.01. The number of aromatic nitrogens is 1. The molecule has 11 heteroatoms. The summed E-state index contributed by atoms with van der Waals surface area (Å²) in [4.78, 5) is 3.32. The first-order valence-corrected chi connectivity index (χ1v) is 7.75. The zero-order valence-corrected chi connectivity index (χ0v) is 14.9. The van der Waals surface area contributed by atoms with Crippen molar-refractivity contribution >= 4 is 23.2 Å². The molecule has 1 radical (unpaired) electrons. The second kappa shape index (κ2) is 6.77. The van der Waals surface area contributed by atoms with Gasteiger partial charge in [0.05, 0.1) is 0 Å². The number of pyridine rings is 1. The zero-order valence-electron chi connectivity index (χ0n) is 13.4. The van der Waals surface area contributed by atoms with Gasteiger partial charge in [-0.1, -0.05) is 29.3 Å². The fraction of sp³-hybridized carbons (Fsp3) is 0.312. The van der Waals surface area contributed by atoms with Crippen molar-refractivity contribution in [1.82, 2.24) is 4.98 Å². The van der Waals surface area contributed by atoms with Crippen molar-refractivity contribution in [2.75, 3.05) is 0 Å². The molecule has 0 saturated heterocycles. The van der Waals surface area contributed by atoms with Crippen LogP contribution in [0.25, 0.3) is 11.1 Å². The Morgan fingerprint density at radius 2 is 1.41 bits per heavy atom. The maximum absolute atomic E-state index is 14.7. The average Bonchev–Trinajstić information content (AvgIpc) is 2.47. The first-order valence-electron chi connectivity index (χ1n) is 6.99. The minimum atomic E-state index is -6.36. The summed E-state index contributed by atoms with van der Waals surface area (Å²) in [6.45, 7) is 2.22. The number of benzene rings is 1. The lowest BCUT2D eigenvalue weighted by molar-refractivity contribution is -0.348. The highest BCUT2D eigenvalue weighted by atomic mass is 35.5. The number of nitrogens with zero attached hydrogens (tertiary/aromatic N) is 1. The number of alkyl halides is 7. The highest BCUT2D eigenvalue weighted by molar-refractivity contribution is 6.34. The molecule has 2 aromatic rings. The Balaban J connectivity index is 3.01. The first kappa shape index (κ1) is 21.7. The summed E-state index contributed by atoms with van der Waals surface area (Å²) in [5, 5.41) is -1.45. The van der Waals surface area contributed by atoms with E-state index in [1.165, 1.54) is 0 Å². The molecule has 0 fully saturated rings. The van der Waals surface area contributed by atoms with E-state index in [4.69, 9.17) is 23.2 Å². The molecule has 1 nitrogen and oxygen atoms in total. The summed E-state index contributed by atoms with van der Waals surface area (Å²) < 4.78 is 108. The molecular weight excluding hydrogens is 429 g/mol. The van der Waals surface area contributed by atoms with Crippen molar-refractivity contribution in [2.45, 2.75) is 31.9 Å². The molecule has 0 aliphatic carbocycles. The molecule has 0 unspecified atom stereocenters. The number of rotatable bonds is 2. The second-order valence-electron chi connectivity index (χ2n) is 5.62. The minimum absolute atomic E-state index is 0.194. The fourth-order valence-electron chi connectivity index (χ4n) is 2.59. The van der Waals surface area contributed by atoms with Crippen LogP contribution in [0.1, 0.15) is 16.7 Å². The Hall–Kier alpha value is -1.61. The molecule has 0 atom stereocenters. The highest BCUT2D eigenvalue weighted by Gasteiger charge is 2.74. The van der Waals surface area contributed by atoms with Crippen molar-refractivity contribution in [3.8, 4) is 11.1 Å². The Kier molecular flexibility index (Phi) is 5.44. The number of hydrogen-bond donors (Lipinski definition) is 0. The summed E-state index contributed by atoms with van der Waals surface area (Å²) in [5.74, 6) is -1.26. The van der Waals surface area contributed by atoms with Gasteiger partial charge >= 0.3 is 18.0 Å². The maximum Gasteiger partial charge on any atom is 0.435 e. The Bertz CT molecular complexity index is 875. The van der Waals surface area contributed by atoms with Crippen LogP contribution >= 0.6 is 23.2 Å². The smallest absolute Gasteiger partial charge is 0.221 e. The molecular formula is C16H8Cl2F8N. The maximum atomic E-state index is 14.7. The van der Waals surface area contributed by atoms with E-state index < -0.39 is 50.8 Å². The van der Waals surface area contributed by atoms with Gasteiger partial charge in [0.2, 0.25) is 0 Å². The van der Waals surface area contributed by atoms with E-state index in [0.717, 1.165) is 13.8 Å². The van der Waals surface area contributed by atoms with Crippen LogP contribution in [0.3, 0.4) is 0 Å². The third kappa shape index (κ3) is 3.59. The van der Waals surface area contributed by atoms with Gasteiger partial charge in [0.1, 0.15) is 5.15 Å². The van der Waals surface area contributed by atoms with Crippen molar-refractivity contribution in [2.24, 2.45) is 0 Å². The predicted octanol–water partition coefficient (Wildman–Crippen LogP) is 6.90. The molecule has 0 aliphatic rings. The molecule has 0 spiro atoms. The topological polar surface area (TPSA) is 12.9 Å². The number of aryl methyl sites for hydroxylation is 2. The average molecular weight is 437 g/mol. The number of hydrogen-bond acceptors (Lipinski definition) is 1. The molecule has 0 saturated carbocycles. The van der Waals surface area contributed by atoms with Crippen LogP contribution in [0.15, 0.2) is 12.1 Å². The molecule has 0 amide bonds. The van der Waals surface area contributed by atoms with Gasteiger partial charge in [-0.05, 0) is 42.7 Å². The molecule has 1 aromatic heterocycles. The van der Waals surface area contributed by atoms with Crippen LogP contribution in [0.5, 0.6) is 0 Å². The van der Waals surface area contributed by atoms with E-state index in [0.29, 0.717) is 12.1 Å². The molecule has 27 heavy (non-hydrogen) atoms. The first-order chi connectivity index (χ1) is 12.1. The van der Waals surface area contributed by atoms with Gasteiger partial charge in [-0.3, -0.25) is 0 Å². The highest BCUT2D eigenvalue weighted by Crippen LogP contribution is 2.56. The van der Waals surface area contributed by atoms with E-state index in [-0.39, 0.29) is 11.1 Å². The third-order valence-electron chi connectivity index (χ3n) is 3.70. The SMILES string of the molecule is Cc1[c]c(C)c(-c2cc(F)c(Cl)nc2Cl)c(C(F)(C(F)(F)F)C(F)(F)F)c1. The lowest BCUT2D eigenvalue weighted by atomic mass is 9.84. The van der Waals surface area contributed by atoms with E-state index in [1.807, 2.05) is 0 Å². The summed E-state index contributed by atoms with van der Waals surface area (Å²) in [5.41, 5.74) is -9.64. The standard InChI is InChI=1S/C16H8Cl2F8N/c1-6-3-7(2)11(8-5-10(19)13(18)27-12(8)17)9(4-6)14(20,15(21,22)23)16(24,25)26/h4-5H,1-2H3. The van der Waals surface area contributed by atoms with E-state index in [2.05, 4.69) is 11.1 Å². The van der Waals surface area contributed by atoms with Crippen molar-refractivity contribution in [3.63, 3.8) is 0 Å². The summed E-state index contributed by atoms with van der Waals surface area (Å²) in [7, 11) is 0. The van der Waals surface area contributed by atoms with Gasteiger partial charge in [0.25, 0.3) is 0 Å². The summed E-state index contributed by atoms with van der Waals surface area (Å²) in [6.07, 6.45) is -12.7. The van der Waals surface area contributed by atoms with E-state index in [1.54, 1.807) is 0 Å². The minimum Gasteiger partial charge on any atom is -0.221 e. The van der Waals surface area contributed by atoms with Gasteiger partial charge < -0.3 is 0 Å². The van der Waals surface area contributed by atoms with Crippen molar-refractivity contribution in [3.05, 3.63) is 51.0 Å². The third-order valence-corrected chi connectivity index (χ3v) is 4.25. The Labute approximate surface area is 157 Å². The lowest BCUT2D eigenvalue weighted by Gasteiger charge is -2.32. The molecule has 147 valence electrons. The van der Waals surface area contributed by atoms with Crippen molar-refractivity contribution < 1.29 is 35.1 Å². The van der Waals surface area contributed by atoms with Crippen LogP contribution in [-0.4, -0.2) is 17.3 Å². The summed E-state index contributed by atoms with van der Waals surface area (Å²) >= 11 is 11.1. The van der Waals surface area contributed by atoms with Gasteiger partial charge in [-0.2, -0.15) is 26.3 Å². The second-order valence-corrected chi connectivity index (χ2v) is 6.34. The van der Waals surface area contributed by atoms with E-state index >= 15 is 0 Å². The number of halogens is 10. The van der Waals surface area contributed by atoms with Crippen LogP contribution < -0.4 is 0 Å². The molecule has 1 aromatic carbocycles. The van der Waals surface area contributed by atoms with E-state index in [9.17, 15) is 35.1 Å². The predicted molar refractivity (Wildman–Crippen MR) is 82.9 cm³/mol. The zero-order chi connectivity index (χ0) is 20.9. The van der Waals surface area contributed by atoms with Crippen LogP contribution in [0.2, 0.25) is 10.3 Å². The largest absolute Gasteiger partial charge is 0.435 e. The van der Waals surface area contributed by atoms with Gasteiger partial charge in [0.15, 0.2) is 11.0 Å². The molecule has 2 rings (SSSR count). The molecule has 0 N–H and O–H groups in total. The Morgan fingerprint density at radius 3 is 1.89 bits per heavy atom. The normalized spacial score (nSPS) is 13.2. The van der Waals surface area contributed by atoms with Crippen LogP contribution in [0, 0.1) is 25.7 Å². The van der Waals surface area contributed by atoms with Crippen molar-refractivity contribution in [1.29, 1.82) is 0 Å². The monoisotopic (exact) mass is 436 g/mol. The quantitative estimate of drug-likeness (QED) is 0.368. The van der Waals surface area contributed by atoms with Gasteiger partial charge in [-0.15, -0.1) is 0 Å². The molecule has 0 bridgehead atoms. The van der Waals surface area contributed by atoms with Crippen LogP contribution in [0.4, 0.5) is 35.1 Å². The molecule has 1 heterocycles. The lowest BCUT2D eigenvalue weighted by Crippen LogP contribution is -2.50. The molecule has 0 aliphatic heterocycles. The summed E-state index contributed by atoms with van der Waals surface area (Å²) in [6, 6.07) is 3.30.